The van der Waals surface area contributed by atoms with Crippen molar-refractivity contribution in [2.24, 2.45) is 0 Å². The van der Waals surface area contributed by atoms with E-state index in [0.29, 0.717) is 11.5 Å². The molecule has 7 nitrogen and oxygen atoms in total. The number of nitrogens with one attached hydrogen (secondary N) is 1. The topological polar surface area (TPSA) is 84.9 Å². The van der Waals surface area contributed by atoms with Gasteiger partial charge in [-0.1, -0.05) is 31.0 Å². The van der Waals surface area contributed by atoms with E-state index < -0.39 is 10.0 Å². The zero-order chi connectivity index (χ0) is 22.3. The van der Waals surface area contributed by atoms with Crippen LogP contribution in [0.1, 0.15) is 32.3 Å². The number of hydrogen-bond acceptors (Lipinski definition) is 5. The predicted molar refractivity (Wildman–Crippen MR) is 118 cm³/mol. The number of carbonyl (C=O) groups excluding carboxylic acids is 1. The Kier molecular flexibility index (Phi) is 8.11. The monoisotopic (exact) mass is 434 g/mol. The number of sulfonamides is 1. The van der Waals surface area contributed by atoms with Gasteiger partial charge in [0.05, 0.1) is 24.8 Å². The molecular weight excluding hydrogens is 404 g/mol. The molecule has 0 aromatic heterocycles. The lowest BCUT2D eigenvalue weighted by Crippen LogP contribution is -2.43. The van der Waals surface area contributed by atoms with Gasteiger partial charge in [0.1, 0.15) is 18.0 Å². The van der Waals surface area contributed by atoms with Crippen LogP contribution in [0.15, 0.2) is 47.4 Å². The second-order valence-electron chi connectivity index (χ2n) is 7.12. The Hall–Kier alpha value is -2.74. The van der Waals surface area contributed by atoms with Crippen LogP contribution in [-0.2, 0) is 14.8 Å². The molecule has 164 valence electrons. The van der Waals surface area contributed by atoms with E-state index in [-0.39, 0.29) is 29.1 Å². The van der Waals surface area contributed by atoms with Crippen LogP contribution in [0, 0.1) is 6.92 Å². The maximum atomic E-state index is 13.5. The van der Waals surface area contributed by atoms with E-state index in [1.54, 1.807) is 30.3 Å². The van der Waals surface area contributed by atoms with Crippen molar-refractivity contribution in [1.29, 1.82) is 0 Å². The van der Waals surface area contributed by atoms with E-state index in [0.717, 1.165) is 22.7 Å². The molecular formula is C22H30N2O5S. The number of anilines is 1. The van der Waals surface area contributed by atoms with Crippen LogP contribution >= 0.6 is 0 Å². The Balaban J connectivity index is 2.50. The molecule has 30 heavy (non-hydrogen) atoms. The largest absolute Gasteiger partial charge is 0.497 e. The molecule has 0 saturated carbocycles. The summed E-state index contributed by atoms with van der Waals surface area (Å²) >= 11 is 0. The molecule has 1 amide bonds. The number of aryl methyl sites for hydroxylation is 1. The molecule has 2 aromatic carbocycles. The Labute approximate surface area is 179 Å². The Morgan fingerprint density at radius 1 is 1.10 bits per heavy atom. The SMILES string of the molecule is CCC[C@@H](C)NC(=O)CN(c1ccc(OC)cc1OC)S(=O)(=O)c1ccc(C)cc1. The van der Waals surface area contributed by atoms with Crippen molar-refractivity contribution in [3.63, 3.8) is 0 Å². The lowest BCUT2D eigenvalue weighted by molar-refractivity contribution is -0.120. The Morgan fingerprint density at radius 3 is 2.33 bits per heavy atom. The highest BCUT2D eigenvalue weighted by Gasteiger charge is 2.30. The number of methoxy groups -OCH3 is 2. The lowest BCUT2D eigenvalue weighted by Gasteiger charge is -2.26. The van der Waals surface area contributed by atoms with Gasteiger partial charge < -0.3 is 14.8 Å². The van der Waals surface area contributed by atoms with Crippen molar-refractivity contribution in [3.05, 3.63) is 48.0 Å². The van der Waals surface area contributed by atoms with Crippen molar-refractivity contribution < 1.29 is 22.7 Å². The average Bonchev–Trinajstić information content (AvgIpc) is 2.72. The minimum absolute atomic E-state index is 0.0517. The first-order chi connectivity index (χ1) is 14.2. The zero-order valence-electron chi connectivity index (χ0n) is 18.1. The quantitative estimate of drug-likeness (QED) is 0.619. The summed E-state index contributed by atoms with van der Waals surface area (Å²) in [6, 6.07) is 11.3. The van der Waals surface area contributed by atoms with E-state index in [9.17, 15) is 13.2 Å². The van der Waals surface area contributed by atoms with Crippen LogP contribution in [0.25, 0.3) is 0 Å². The third-order valence-electron chi connectivity index (χ3n) is 4.68. The predicted octanol–water partition coefficient (Wildman–Crippen LogP) is 3.51. The molecule has 2 aromatic rings. The number of ether oxygens (including phenoxy) is 2. The summed E-state index contributed by atoms with van der Waals surface area (Å²) in [5.74, 6) is 0.424. The minimum Gasteiger partial charge on any atom is -0.497 e. The van der Waals surface area contributed by atoms with E-state index >= 15 is 0 Å². The molecule has 2 rings (SSSR count). The third kappa shape index (κ3) is 5.66. The van der Waals surface area contributed by atoms with E-state index in [1.807, 2.05) is 20.8 Å². The van der Waals surface area contributed by atoms with E-state index in [2.05, 4.69) is 5.32 Å². The van der Waals surface area contributed by atoms with Crippen LogP contribution < -0.4 is 19.1 Å². The lowest BCUT2D eigenvalue weighted by atomic mass is 10.2. The second kappa shape index (κ2) is 10.3. The molecule has 8 heteroatoms. The molecule has 0 bridgehead atoms. The smallest absolute Gasteiger partial charge is 0.264 e. The van der Waals surface area contributed by atoms with E-state index in [1.165, 1.54) is 26.4 Å². The standard InChI is InChI=1S/C22H30N2O5S/c1-6-7-17(3)23-22(25)15-24(20-13-10-18(28-4)14-21(20)29-5)30(26,27)19-11-8-16(2)9-12-19/h8-14,17H,6-7,15H2,1-5H3,(H,23,25)/t17-/m1/s1. The first-order valence-electron chi connectivity index (χ1n) is 9.83. The highest BCUT2D eigenvalue weighted by molar-refractivity contribution is 7.92. The highest BCUT2D eigenvalue weighted by atomic mass is 32.2. The van der Waals surface area contributed by atoms with Gasteiger partial charge >= 0.3 is 0 Å². The molecule has 0 saturated heterocycles. The van der Waals surface area contributed by atoms with Gasteiger partial charge in [0.15, 0.2) is 0 Å². The van der Waals surface area contributed by atoms with Crippen molar-refractivity contribution >= 4 is 21.6 Å². The number of rotatable bonds is 10. The molecule has 0 unspecified atom stereocenters. The summed E-state index contributed by atoms with van der Waals surface area (Å²) in [6.45, 7) is 5.43. The van der Waals surface area contributed by atoms with Crippen LogP contribution in [0.2, 0.25) is 0 Å². The molecule has 1 N–H and O–H groups in total. The Bertz CT molecular complexity index is 958. The number of benzene rings is 2. The normalized spacial score (nSPS) is 12.2. The fourth-order valence-corrected chi connectivity index (χ4v) is 4.52. The summed E-state index contributed by atoms with van der Waals surface area (Å²) in [5.41, 5.74) is 1.20. The Morgan fingerprint density at radius 2 is 1.77 bits per heavy atom. The van der Waals surface area contributed by atoms with Gasteiger partial charge in [0, 0.05) is 12.1 Å². The van der Waals surface area contributed by atoms with Crippen molar-refractivity contribution in [2.45, 2.75) is 44.6 Å². The maximum Gasteiger partial charge on any atom is 0.264 e. The molecule has 0 heterocycles. The summed E-state index contributed by atoms with van der Waals surface area (Å²) in [5, 5.41) is 2.86. The second-order valence-corrected chi connectivity index (χ2v) is 8.98. The number of carbonyl (C=O) groups is 1. The average molecular weight is 435 g/mol. The minimum atomic E-state index is -4.01. The fraction of sp³-hybridized carbons (Fsp3) is 0.409. The summed E-state index contributed by atoms with van der Waals surface area (Å²) in [7, 11) is -1.06. The van der Waals surface area contributed by atoms with Crippen LogP contribution in [0.4, 0.5) is 5.69 Å². The molecule has 0 aliphatic heterocycles. The number of hydrogen-bond donors (Lipinski definition) is 1. The van der Waals surface area contributed by atoms with Crippen LogP contribution in [-0.4, -0.2) is 41.1 Å². The van der Waals surface area contributed by atoms with Gasteiger partial charge in [0.25, 0.3) is 10.0 Å². The van der Waals surface area contributed by atoms with Crippen LogP contribution in [0.5, 0.6) is 11.5 Å². The summed E-state index contributed by atoms with van der Waals surface area (Å²) in [4.78, 5) is 12.8. The zero-order valence-corrected chi connectivity index (χ0v) is 19.0. The van der Waals surface area contributed by atoms with Crippen LogP contribution in [0.3, 0.4) is 0 Å². The van der Waals surface area contributed by atoms with Crippen molar-refractivity contribution in [2.75, 3.05) is 25.1 Å². The maximum absolute atomic E-state index is 13.5. The van der Waals surface area contributed by atoms with Gasteiger partial charge in [-0.2, -0.15) is 0 Å². The third-order valence-corrected chi connectivity index (χ3v) is 6.45. The molecule has 0 spiro atoms. The highest BCUT2D eigenvalue weighted by Crippen LogP contribution is 2.35. The van der Waals surface area contributed by atoms with E-state index in [4.69, 9.17) is 9.47 Å². The number of amides is 1. The number of nitrogens with zero attached hydrogens (tertiary/aromatic N) is 1. The molecule has 0 fully saturated rings. The van der Waals surface area contributed by atoms with Gasteiger partial charge in [-0.25, -0.2) is 8.42 Å². The summed E-state index contributed by atoms with van der Waals surface area (Å²) < 4.78 is 38.6. The molecule has 0 radical (unpaired) electrons. The van der Waals surface area contributed by atoms with Crippen molar-refractivity contribution in [3.8, 4) is 11.5 Å². The summed E-state index contributed by atoms with van der Waals surface area (Å²) in [6.07, 6.45) is 1.72. The molecule has 0 aliphatic carbocycles. The van der Waals surface area contributed by atoms with Gasteiger partial charge in [-0.3, -0.25) is 9.10 Å². The molecule has 0 aliphatic rings. The van der Waals surface area contributed by atoms with Crippen molar-refractivity contribution in [1.82, 2.24) is 5.32 Å². The van der Waals surface area contributed by atoms with Gasteiger partial charge in [-0.15, -0.1) is 0 Å². The first-order valence-corrected chi connectivity index (χ1v) is 11.3. The first kappa shape index (κ1) is 23.5. The van der Waals surface area contributed by atoms with Gasteiger partial charge in [0.2, 0.25) is 5.91 Å². The fourth-order valence-electron chi connectivity index (χ4n) is 3.08. The van der Waals surface area contributed by atoms with Gasteiger partial charge in [-0.05, 0) is 44.5 Å². The molecule has 1 atom stereocenters.